The lowest BCUT2D eigenvalue weighted by molar-refractivity contribution is 0.250. The van der Waals surface area contributed by atoms with Gasteiger partial charge in [-0.05, 0) is 0 Å². The molecule has 0 aromatic carbocycles. The molecule has 0 radical (unpaired) electrons. The summed E-state index contributed by atoms with van der Waals surface area (Å²) in [5.41, 5.74) is 4.64. The quantitative estimate of drug-likeness (QED) is 0.434. The molecule has 2 amide bonds. The Hall–Kier alpha value is -0.300. The van der Waals surface area contributed by atoms with Gasteiger partial charge in [-0.2, -0.15) is 0 Å². The Balaban J connectivity index is 2.83. The predicted octanol–water partition coefficient (Wildman–Crippen LogP) is -0.513. The molecule has 0 saturated heterocycles. The van der Waals surface area contributed by atoms with Crippen molar-refractivity contribution < 1.29 is 4.79 Å². The molecule has 4 heteroatoms. The molecule has 1 atom stereocenters. The van der Waals surface area contributed by atoms with Crippen LogP contribution in [0.5, 0.6) is 0 Å². The highest BCUT2D eigenvalue weighted by molar-refractivity contribution is 7.16. The summed E-state index contributed by atoms with van der Waals surface area (Å²) in [6.07, 6.45) is 0.523. The first-order valence-corrected chi connectivity index (χ1v) is 2.32. The van der Waals surface area contributed by atoms with Crippen LogP contribution in [0.3, 0.4) is 0 Å². The molecule has 0 aromatic heterocycles. The van der Waals surface area contributed by atoms with Crippen molar-refractivity contribution in [2.24, 2.45) is 5.73 Å². The van der Waals surface area contributed by atoms with Gasteiger partial charge in [0.05, 0.1) is 0 Å². The fraction of sp³-hybridized carbons (Fsp3) is 0.500. The zero-order valence-electron chi connectivity index (χ0n) is 3.27. The molecular formula is C2H7N2OP. The van der Waals surface area contributed by atoms with E-state index in [2.05, 4.69) is 20.3 Å². The van der Waals surface area contributed by atoms with Crippen LogP contribution in [0.25, 0.3) is 0 Å². The number of nitrogens with two attached hydrogens (primary N) is 1. The zero-order valence-corrected chi connectivity index (χ0v) is 4.42. The van der Waals surface area contributed by atoms with E-state index in [1.165, 1.54) is 0 Å². The molecule has 0 aliphatic heterocycles. The van der Waals surface area contributed by atoms with Crippen LogP contribution in [0, 0.1) is 0 Å². The normalized spacial score (nSPS) is 7.50. The van der Waals surface area contributed by atoms with E-state index in [0.717, 1.165) is 0 Å². The fourth-order valence-electron chi connectivity index (χ4n) is 0.101. The summed E-state index contributed by atoms with van der Waals surface area (Å²) in [5, 5.41) is 2.31. The summed E-state index contributed by atoms with van der Waals surface area (Å²) >= 11 is 0. The molecule has 0 fully saturated rings. The van der Waals surface area contributed by atoms with Gasteiger partial charge < -0.3 is 11.1 Å². The maximum atomic E-state index is 9.70. The van der Waals surface area contributed by atoms with Gasteiger partial charge in [-0.25, -0.2) is 4.79 Å². The number of nitrogens with one attached hydrogen (secondary N) is 1. The minimum Gasteiger partial charge on any atom is -0.352 e. The Morgan fingerprint density at radius 3 is 2.50 bits per heavy atom. The Morgan fingerprint density at radius 2 is 2.50 bits per heavy atom. The van der Waals surface area contributed by atoms with Crippen LogP contribution in [0.1, 0.15) is 0 Å². The Kier molecular flexibility index (Phi) is 2.77. The molecule has 0 saturated carbocycles. The van der Waals surface area contributed by atoms with Crippen molar-refractivity contribution in [3.05, 3.63) is 0 Å². The number of hydrogen-bond donors (Lipinski definition) is 2. The molecule has 0 rings (SSSR count). The van der Waals surface area contributed by atoms with Gasteiger partial charge in [0.2, 0.25) is 0 Å². The summed E-state index contributed by atoms with van der Waals surface area (Å²) in [6, 6.07) is -0.481. The van der Waals surface area contributed by atoms with E-state index in [-0.39, 0.29) is 0 Å². The van der Waals surface area contributed by atoms with Gasteiger partial charge >= 0.3 is 6.03 Å². The third kappa shape index (κ3) is 3.70. The summed E-state index contributed by atoms with van der Waals surface area (Å²) in [4.78, 5) is 9.70. The molecule has 0 heterocycles. The standard InChI is InChI=1S/C2H7N2OP/c3-2(5)4-1-6/h1,6H2,(H3,3,4,5). The number of primary amides is 1. The molecule has 36 valence electrons. The molecule has 0 spiro atoms. The third-order valence-corrected chi connectivity index (χ3v) is 0.480. The van der Waals surface area contributed by atoms with E-state index in [0.29, 0.717) is 6.29 Å². The first-order valence-electron chi connectivity index (χ1n) is 1.50. The second-order valence-corrected chi connectivity index (χ2v) is 1.15. The SMILES string of the molecule is NC(=O)NCP. The van der Waals surface area contributed by atoms with E-state index in [4.69, 9.17) is 0 Å². The minimum atomic E-state index is -0.481. The van der Waals surface area contributed by atoms with E-state index in [1.54, 1.807) is 0 Å². The van der Waals surface area contributed by atoms with Crippen molar-refractivity contribution in [1.29, 1.82) is 0 Å². The van der Waals surface area contributed by atoms with Crippen molar-refractivity contribution in [2.45, 2.75) is 0 Å². The Labute approximate surface area is 38.5 Å². The second kappa shape index (κ2) is 2.91. The molecule has 6 heavy (non-hydrogen) atoms. The van der Waals surface area contributed by atoms with Crippen LogP contribution in [0.15, 0.2) is 0 Å². The van der Waals surface area contributed by atoms with E-state index in [1.807, 2.05) is 0 Å². The Bertz CT molecular complexity index is 55.5. The van der Waals surface area contributed by atoms with Gasteiger partial charge in [0.25, 0.3) is 0 Å². The highest BCUT2D eigenvalue weighted by Gasteiger charge is 1.79. The first kappa shape index (κ1) is 5.70. The number of rotatable bonds is 1. The summed E-state index contributed by atoms with van der Waals surface area (Å²) in [5.74, 6) is 0. The summed E-state index contributed by atoms with van der Waals surface area (Å²) in [7, 11) is 2.31. The molecule has 0 aromatic rings. The molecule has 1 unspecified atom stereocenters. The number of amides is 2. The van der Waals surface area contributed by atoms with Crippen molar-refractivity contribution in [2.75, 3.05) is 6.29 Å². The average Bonchev–Trinajstić information content (AvgIpc) is 1.35. The van der Waals surface area contributed by atoms with Gasteiger partial charge in [-0.15, -0.1) is 9.24 Å². The van der Waals surface area contributed by atoms with Crippen LogP contribution in [0.2, 0.25) is 0 Å². The van der Waals surface area contributed by atoms with Crippen LogP contribution in [0.4, 0.5) is 4.79 Å². The molecule has 0 aliphatic rings. The highest BCUT2D eigenvalue weighted by Crippen LogP contribution is 1.68. The van der Waals surface area contributed by atoms with Crippen molar-refractivity contribution >= 4 is 15.3 Å². The topological polar surface area (TPSA) is 55.1 Å². The first-order chi connectivity index (χ1) is 2.77. The van der Waals surface area contributed by atoms with Crippen molar-refractivity contribution in [1.82, 2.24) is 5.32 Å². The summed E-state index contributed by atoms with van der Waals surface area (Å²) < 4.78 is 0. The maximum Gasteiger partial charge on any atom is 0.312 e. The van der Waals surface area contributed by atoms with Crippen LogP contribution in [-0.2, 0) is 0 Å². The lowest BCUT2D eigenvalue weighted by atomic mass is 11.0. The number of hydrogen-bond acceptors (Lipinski definition) is 1. The van der Waals surface area contributed by atoms with E-state index >= 15 is 0 Å². The van der Waals surface area contributed by atoms with Crippen molar-refractivity contribution in [3.63, 3.8) is 0 Å². The molecule has 0 aliphatic carbocycles. The Morgan fingerprint density at radius 1 is 2.00 bits per heavy atom. The number of urea groups is 1. The third-order valence-electron chi connectivity index (χ3n) is 0.276. The smallest absolute Gasteiger partial charge is 0.312 e. The van der Waals surface area contributed by atoms with Crippen LogP contribution < -0.4 is 11.1 Å². The predicted molar refractivity (Wildman–Crippen MR) is 27.3 cm³/mol. The summed E-state index contributed by atoms with van der Waals surface area (Å²) in [6.45, 7) is 0. The molecule has 3 N–H and O–H groups in total. The van der Waals surface area contributed by atoms with Gasteiger partial charge in [0.15, 0.2) is 0 Å². The largest absolute Gasteiger partial charge is 0.352 e. The zero-order chi connectivity index (χ0) is 4.99. The van der Waals surface area contributed by atoms with Gasteiger partial charge in [-0.3, -0.25) is 0 Å². The molecule has 0 bridgehead atoms. The van der Waals surface area contributed by atoms with E-state index < -0.39 is 6.03 Å². The molecular weight excluding hydrogens is 99.0 g/mol. The van der Waals surface area contributed by atoms with Gasteiger partial charge in [-0.1, -0.05) is 0 Å². The van der Waals surface area contributed by atoms with E-state index in [9.17, 15) is 4.79 Å². The molecule has 3 nitrogen and oxygen atoms in total. The van der Waals surface area contributed by atoms with Gasteiger partial charge in [0.1, 0.15) is 0 Å². The number of carbonyl (C=O) groups is 1. The average molecular weight is 106 g/mol. The minimum absolute atomic E-state index is 0.481. The fourth-order valence-corrected chi connectivity index (χ4v) is 0.302. The van der Waals surface area contributed by atoms with Crippen molar-refractivity contribution in [3.8, 4) is 0 Å². The van der Waals surface area contributed by atoms with Crippen LogP contribution in [-0.4, -0.2) is 12.3 Å². The van der Waals surface area contributed by atoms with Gasteiger partial charge in [0, 0.05) is 6.29 Å². The monoisotopic (exact) mass is 106 g/mol. The maximum absolute atomic E-state index is 9.70. The lowest BCUT2D eigenvalue weighted by Gasteiger charge is -1.88. The highest BCUT2D eigenvalue weighted by atomic mass is 31.0. The van der Waals surface area contributed by atoms with Crippen LogP contribution >= 0.6 is 9.24 Å². The number of carbonyl (C=O) groups excluding carboxylic acids is 1. The lowest BCUT2D eigenvalue weighted by Crippen LogP contribution is -2.27. The second-order valence-electron chi connectivity index (χ2n) is 0.745.